The summed E-state index contributed by atoms with van der Waals surface area (Å²) in [5, 5.41) is 30.5. The van der Waals surface area contributed by atoms with Crippen molar-refractivity contribution in [1.82, 2.24) is 5.32 Å². The van der Waals surface area contributed by atoms with E-state index in [1.54, 1.807) is 0 Å². The number of rotatable bonds is 5. The number of carboxylic acids is 1. The van der Waals surface area contributed by atoms with Crippen LogP contribution in [-0.2, 0) is 4.79 Å². The molecule has 1 heterocycles. The molecular formula is C12H23BN2O4. The molecule has 1 spiro atoms. The molecule has 108 valence electrons. The predicted octanol–water partition coefficient (Wildman–Crippen LogP) is -0.589. The minimum absolute atomic E-state index is 0.0234. The lowest BCUT2D eigenvalue weighted by molar-refractivity contribution is -0.145. The van der Waals surface area contributed by atoms with Crippen molar-refractivity contribution in [1.29, 1.82) is 0 Å². The second-order valence-electron chi connectivity index (χ2n) is 6.26. The van der Waals surface area contributed by atoms with E-state index in [0.717, 1.165) is 25.9 Å². The molecule has 1 saturated carbocycles. The summed E-state index contributed by atoms with van der Waals surface area (Å²) in [5.41, 5.74) is 5.03. The molecule has 0 aromatic carbocycles. The van der Waals surface area contributed by atoms with E-state index in [9.17, 15) is 9.90 Å². The van der Waals surface area contributed by atoms with E-state index in [-0.39, 0.29) is 17.7 Å². The number of aliphatic carboxylic acids is 1. The van der Waals surface area contributed by atoms with Crippen LogP contribution in [0.4, 0.5) is 0 Å². The van der Waals surface area contributed by atoms with Crippen molar-refractivity contribution < 1.29 is 19.9 Å². The zero-order valence-electron chi connectivity index (χ0n) is 11.1. The molecule has 0 radical (unpaired) electrons. The van der Waals surface area contributed by atoms with Gasteiger partial charge in [-0.2, -0.15) is 0 Å². The van der Waals surface area contributed by atoms with Gasteiger partial charge in [0.2, 0.25) is 0 Å². The largest absolute Gasteiger partial charge is 0.480 e. The highest BCUT2D eigenvalue weighted by atomic mass is 16.4. The number of carbonyl (C=O) groups is 1. The lowest BCUT2D eigenvalue weighted by Gasteiger charge is -2.27. The van der Waals surface area contributed by atoms with Crippen LogP contribution in [0.15, 0.2) is 0 Å². The standard InChI is InChI=1S/C12H23BN2O4/c14-12(10(16)17)7-11(3-5-15-8-11)6-9(12)2-1-4-13(18)19/h9,15,18-19H,1-8,14H2,(H,16,17)/t9-,11-,12-/m0/s1. The summed E-state index contributed by atoms with van der Waals surface area (Å²) in [6.07, 6.45) is 3.84. The average Bonchev–Trinajstić information content (AvgIpc) is 2.86. The number of carboxylic acid groups (broad SMARTS) is 1. The van der Waals surface area contributed by atoms with Gasteiger partial charge in [-0.05, 0) is 49.9 Å². The normalized spacial score (nSPS) is 37.9. The summed E-state index contributed by atoms with van der Waals surface area (Å²) in [6, 6.07) is 0. The summed E-state index contributed by atoms with van der Waals surface area (Å²) in [5.74, 6) is -1.01. The lowest BCUT2D eigenvalue weighted by Crippen LogP contribution is -2.51. The fourth-order valence-corrected chi connectivity index (χ4v) is 3.82. The van der Waals surface area contributed by atoms with E-state index in [1.165, 1.54) is 0 Å². The van der Waals surface area contributed by atoms with Gasteiger partial charge in [-0.15, -0.1) is 0 Å². The highest BCUT2D eigenvalue weighted by Crippen LogP contribution is 2.51. The summed E-state index contributed by atoms with van der Waals surface area (Å²) < 4.78 is 0. The van der Waals surface area contributed by atoms with E-state index >= 15 is 0 Å². The van der Waals surface area contributed by atoms with Gasteiger partial charge in [-0.1, -0.05) is 6.42 Å². The van der Waals surface area contributed by atoms with Gasteiger partial charge in [0, 0.05) is 6.54 Å². The van der Waals surface area contributed by atoms with Gasteiger partial charge in [0.1, 0.15) is 5.54 Å². The van der Waals surface area contributed by atoms with E-state index < -0.39 is 18.6 Å². The van der Waals surface area contributed by atoms with Crippen molar-refractivity contribution in [3.63, 3.8) is 0 Å². The molecule has 19 heavy (non-hydrogen) atoms. The molecule has 0 aromatic rings. The average molecular weight is 270 g/mol. The molecule has 1 saturated heterocycles. The maximum absolute atomic E-state index is 11.5. The van der Waals surface area contributed by atoms with Crippen LogP contribution < -0.4 is 11.1 Å². The third-order valence-corrected chi connectivity index (χ3v) is 4.82. The Morgan fingerprint density at radius 1 is 1.47 bits per heavy atom. The fourth-order valence-electron chi connectivity index (χ4n) is 3.82. The molecule has 1 aliphatic heterocycles. The van der Waals surface area contributed by atoms with Gasteiger partial charge in [0.15, 0.2) is 0 Å². The molecule has 2 aliphatic rings. The quantitative estimate of drug-likeness (QED) is 0.426. The molecule has 3 atom stereocenters. The second-order valence-corrected chi connectivity index (χ2v) is 6.26. The SMILES string of the molecule is N[C@@]1(C(=O)O)C[C@]2(CCNC2)C[C@@H]1CCCB(O)O. The molecule has 1 aliphatic carbocycles. The van der Waals surface area contributed by atoms with E-state index in [4.69, 9.17) is 15.8 Å². The first-order valence-corrected chi connectivity index (χ1v) is 6.97. The fraction of sp³-hybridized carbons (Fsp3) is 0.917. The summed E-state index contributed by atoms with van der Waals surface area (Å²) in [7, 11) is -1.32. The zero-order chi connectivity index (χ0) is 14.1. The van der Waals surface area contributed by atoms with Crippen molar-refractivity contribution in [3.05, 3.63) is 0 Å². The smallest absolute Gasteiger partial charge is 0.451 e. The summed E-state index contributed by atoms with van der Waals surface area (Å²) in [6.45, 7) is 1.77. The Bertz CT molecular complexity index is 347. The monoisotopic (exact) mass is 270 g/mol. The molecule has 7 heteroatoms. The minimum Gasteiger partial charge on any atom is -0.480 e. The maximum Gasteiger partial charge on any atom is 0.451 e. The Balaban J connectivity index is 2.04. The summed E-state index contributed by atoms with van der Waals surface area (Å²) in [4.78, 5) is 11.5. The van der Waals surface area contributed by atoms with Crippen LogP contribution in [0.5, 0.6) is 0 Å². The Morgan fingerprint density at radius 2 is 2.21 bits per heavy atom. The first kappa shape index (κ1) is 14.8. The van der Waals surface area contributed by atoms with E-state index in [0.29, 0.717) is 19.3 Å². The van der Waals surface area contributed by atoms with E-state index in [2.05, 4.69) is 5.32 Å². The van der Waals surface area contributed by atoms with Crippen LogP contribution in [0.25, 0.3) is 0 Å². The number of hydrogen-bond acceptors (Lipinski definition) is 5. The lowest BCUT2D eigenvalue weighted by atomic mass is 9.78. The Morgan fingerprint density at radius 3 is 2.74 bits per heavy atom. The molecule has 0 unspecified atom stereocenters. The molecule has 0 amide bonds. The van der Waals surface area contributed by atoms with Crippen molar-refractivity contribution >= 4 is 13.1 Å². The topological polar surface area (TPSA) is 116 Å². The van der Waals surface area contributed by atoms with Crippen molar-refractivity contribution in [2.45, 2.75) is 44.0 Å². The first-order chi connectivity index (χ1) is 8.88. The Hall–Kier alpha value is -0.625. The number of nitrogens with two attached hydrogens (primary N) is 1. The summed E-state index contributed by atoms with van der Waals surface area (Å²) >= 11 is 0. The van der Waals surface area contributed by atoms with Gasteiger partial charge in [-0.3, -0.25) is 4.79 Å². The highest BCUT2D eigenvalue weighted by Gasteiger charge is 2.56. The second kappa shape index (κ2) is 5.40. The Labute approximate surface area is 113 Å². The van der Waals surface area contributed by atoms with Crippen molar-refractivity contribution in [2.24, 2.45) is 17.1 Å². The number of nitrogens with one attached hydrogen (secondary N) is 1. The van der Waals surface area contributed by atoms with Gasteiger partial charge in [-0.25, -0.2) is 0 Å². The highest BCUT2D eigenvalue weighted by molar-refractivity contribution is 6.40. The molecule has 6 nitrogen and oxygen atoms in total. The maximum atomic E-state index is 11.5. The van der Waals surface area contributed by atoms with Crippen LogP contribution >= 0.6 is 0 Å². The van der Waals surface area contributed by atoms with Crippen LogP contribution in [0.1, 0.15) is 32.1 Å². The molecular weight excluding hydrogens is 247 g/mol. The molecule has 2 rings (SSSR count). The van der Waals surface area contributed by atoms with Crippen LogP contribution in [0, 0.1) is 11.3 Å². The first-order valence-electron chi connectivity index (χ1n) is 6.97. The zero-order valence-corrected chi connectivity index (χ0v) is 11.1. The number of hydrogen-bond donors (Lipinski definition) is 5. The van der Waals surface area contributed by atoms with Crippen LogP contribution in [0.2, 0.25) is 6.32 Å². The molecule has 0 bridgehead atoms. The molecule has 0 aromatic heterocycles. The minimum atomic E-state index is -1.32. The van der Waals surface area contributed by atoms with Crippen molar-refractivity contribution in [2.75, 3.05) is 13.1 Å². The predicted molar refractivity (Wildman–Crippen MR) is 71.4 cm³/mol. The van der Waals surface area contributed by atoms with Crippen LogP contribution in [0.3, 0.4) is 0 Å². The van der Waals surface area contributed by atoms with Crippen molar-refractivity contribution in [3.8, 4) is 0 Å². The molecule has 6 N–H and O–H groups in total. The van der Waals surface area contributed by atoms with Gasteiger partial charge < -0.3 is 26.2 Å². The van der Waals surface area contributed by atoms with Gasteiger partial charge in [0.05, 0.1) is 0 Å². The third kappa shape index (κ3) is 2.94. The van der Waals surface area contributed by atoms with Crippen LogP contribution in [-0.4, -0.2) is 46.9 Å². The van der Waals surface area contributed by atoms with Gasteiger partial charge >= 0.3 is 13.1 Å². The van der Waals surface area contributed by atoms with Gasteiger partial charge in [0.25, 0.3) is 0 Å². The third-order valence-electron chi connectivity index (χ3n) is 4.82. The molecule has 2 fully saturated rings. The Kier molecular flexibility index (Phi) is 4.20. The van der Waals surface area contributed by atoms with E-state index in [1.807, 2.05) is 0 Å².